The molecule has 0 radical (unpaired) electrons. The van der Waals surface area contributed by atoms with Crippen molar-refractivity contribution < 1.29 is 14.7 Å². The summed E-state index contributed by atoms with van der Waals surface area (Å²) in [6, 6.07) is 9.46. The minimum Gasteiger partial charge on any atom is -0.481 e. The summed E-state index contributed by atoms with van der Waals surface area (Å²) in [6.07, 6.45) is 1.66. The van der Waals surface area contributed by atoms with E-state index in [2.05, 4.69) is 0 Å². The summed E-state index contributed by atoms with van der Waals surface area (Å²) in [7, 11) is 0. The van der Waals surface area contributed by atoms with E-state index in [1.54, 1.807) is 6.08 Å². The smallest absolute Gasteiger partial charge is 0.305 e. The van der Waals surface area contributed by atoms with Crippen LogP contribution < -0.4 is 0 Å². The van der Waals surface area contributed by atoms with Crippen LogP contribution in [0.1, 0.15) is 12.0 Å². The Hall–Kier alpha value is -1.66. The molecular weight excluding hydrogens is 282 g/mol. The maximum absolute atomic E-state index is 12.1. The van der Waals surface area contributed by atoms with Crippen molar-refractivity contribution in [2.24, 2.45) is 0 Å². The number of thioether (sulfide) groups is 1. The van der Waals surface area contributed by atoms with E-state index >= 15 is 0 Å². The summed E-state index contributed by atoms with van der Waals surface area (Å²) >= 11 is 6.30. The lowest BCUT2D eigenvalue weighted by atomic mass is 10.2. The van der Waals surface area contributed by atoms with Crippen LogP contribution in [0.15, 0.2) is 35.2 Å². The third kappa shape index (κ3) is 3.42. The monoisotopic (exact) mass is 293 g/mol. The molecule has 1 aromatic rings. The maximum atomic E-state index is 12.1. The Morgan fingerprint density at radius 2 is 2.05 bits per heavy atom. The first-order chi connectivity index (χ1) is 9.08. The molecule has 0 atom stereocenters. The Kier molecular flexibility index (Phi) is 4.34. The SMILES string of the molecule is O=C(O)CCN1C(=O)/C(=C\c2ccccc2)SC1=S. The predicted molar refractivity (Wildman–Crippen MR) is 78.6 cm³/mol. The van der Waals surface area contributed by atoms with Gasteiger partial charge in [-0.05, 0) is 11.6 Å². The predicted octanol–water partition coefficient (Wildman–Crippen LogP) is 2.36. The van der Waals surface area contributed by atoms with Crippen molar-refractivity contribution >= 4 is 46.3 Å². The second-order valence-electron chi connectivity index (χ2n) is 3.89. The lowest BCUT2D eigenvalue weighted by molar-refractivity contribution is -0.137. The fourth-order valence-electron chi connectivity index (χ4n) is 1.60. The minimum absolute atomic E-state index is 0.106. The van der Waals surface area contributed by atoms with E-state index in [4.69, 9.17) is 17.3 Å². The summed E-state index contributed by atoms with van der Waals surface area (Å²) in [4.78, 5) is 24.5. The van der Waals surface area contributed by atoms with Gasteiger partial charge in [-0.2, -0.15) is 0 Å². The molecule has 1 saturated heterocycles. The van der Waals surface area contributed by atoms with Crippen LogP contribution in [-0.2, 0) is 9.59 Å². The van der Waals surface area contributed by atoms with Crippen LogP contribution in [0.3, 0.4) is 0 Å². The average Bonchev–Trinajstić information content (AvgIpc) is 2.63. The second-order valence-corrected chi connectivity index (χ2v) is 5.56. The Morgan fingerprint density at radius 3 is 2.68 bits per heavy atom. The maximum Gasteiger partial charge on any atom is 0.305 e. The number of hydrogen-bond donors (Lipinski definition) is 1. The first-order valence-electron chi connectivity index (χ1n) is 5.60. The molecule has 19 heavy (non-hydrogen) atoms. The molecule has 0 unspecified atom stereocenters. The van der Waals surface area contributed by atoms with Gasteiger partial charge in [0.05, 0.1) is 11.3 Å². The minimum atomic E-state index is -0.943. The molecule has 1 amide bonds. The van der Waals surface area contributed by atoms with Gasteiger partial charge in [-0.25, -0.2) is 0 Å². The average molecular weight is 293 g/mol. The normalized spacial score (nSPS) is 17.3. The van der Waals surface area contributed by atoms with E-state index < -0.39 is 5.97 Å². The van der Waals surface area contributed by atoms with Crippen molar-refractivity contribution in [3.8, 4) is 0 Å². The van der Waals surface area contributed by atoms with Crippen LogP contribution in [0.5, 0.6) is 0 Å². The van der Waals surface area contributed by atoms with Crippen molar-refractivity contribution in [1.29, 1.82) is 0 Å². The quantitative estimate of drug-likeness (QED) is 0.682. The van der Waals surface area contributed by atoms with Gasteiger partial charge in [0.1, 0.15) is 4.32 Å². The van der Waals surface area contributed by atoms with Crippen molar-refractivity contribution in [3.63, 3.8) is 0 Å². The molecule has 1 aromatic carbocycles. The lowest BCUT2D eigenvalue weighted by Gasteiger charge is -2.12. The van der Waals surface area contributed by atoms with E-state index in [0.29, 0.717) is 9.23 Å². The number of thiocarbonyl (C=S) groups is 1. The molecule has 2 rings (SSSR count). The molecule has 1 aliphatic rings. The Bertz CT molecular complexity index is 554. The van der Waals surface area contributed by atoms with Crippen LogP contribution in [-0.4, -0.2) is 32.7 Å². The molecule has 6 heteroatoms. The molecule has 0 aromatic heterocycles. The lowest BCUT2D eigenvalue weighted by Crippen LogP contribution is -2.30. The molecule has 0 bridgehead atoms. The van der Waals surface area contributed by atoms with Gasteiger partial charge in [0.25, 0.3) is 5.91 Å². The highest BCUT2D eigenvalue weighted by Crippen LogP contribution is 2.32. The van der Waals surface area contributed by atoms with Gasteiger partial charge in [0.15, 0.2) is 0 Å². The number of carbonyl (C=O) groups excluding carboxylic acids is 1. The zero-order valence-corrected chi connectivity index (χ0v) is 11.5. The first kappa shape index (κ1) is 13.8. The van der Waals surface area contributed by atoms with Gasteiger partial charge >= 0.3 is 5.97 Å². The largest absolute Gasteiger partial charge is 0.481 e. The number of nitrogens with zero attached hydrogens (tertiary/aromatic N) is 1. The summed E-state index contributed by atoms with van der Waals surface area (Å²) in [5, 5.41) is 8.64. The molecule has 98 valence electrons. The molecule has 0 saturated carbocycles. The first-order valence-corrected chi connectivity index (χ1v) is 6.82. The van der Waals surface area contributed by atoms with Crippen molar-refractivity contribution in [3.05, 3.63) is 40.8 Å². The molecule has 1 heterocycles. The second kappa shape index (κ2) is 5.99. The molecular formula is C13H11NO3S2. The summed E-state index contributed by atoms with van der Waals surface area (Å²) in [5.41, 5.74) is 0.918. The summed E-state index contributed by atoms with van der Waals surface area (Å²) < 4.78 is 0.411. The number of carbonyl (C=O) groups is 2. The highest BCUT2D eigenvalue weighted by atomic mass is 32.2. The van der Waals surface area contributed by atoms with Crippen LogP contribution >= 0.6 is 24.0 Å². The van der Waals surface area contributed by atoms with Gasteiger partial charge in [-0.3, -0.25) is 14.5 Å². The van der Waals surface area contributed by atoms with E-state index in [0.717, 1.165) is 5.56 Å². The number of hydrogen-bond acceptors (Lipinski definition) is 4. The van der Waals surface area contributed by atoms with Gasteiger partial charge < -0.3 is 5.11 Å². The summed E-state index contributed by atoms with van der Waals surface area (Å²) in [6.45, 7) is 0.117. The van der Waals surface area contributed by atoms with Crippen LogP contribution in [0.25, 0.3) is 6.08 Å². The molecule has 0 aliphatic carbocycles. The van der Waals surface area contributed by atoms with E-state index in [1.165, 1.54) is 16.7 Å². The van der Waals surface area contributed by atoms with Crippen LogP contribution in [0, 0.1) is 0 Å². The zero-order chi connectivity index (χ0) is 13.8. The van der Waals surface area contributed by atoms with E-state index in [9.17, 15) is 9.59 Å². The number of amides is 1. The van der Waals surface area contributed by atoms with Crippen molar-refractivity contribution in [1.82, 2.24) is 4.90 Å². The molecule has 1 N–H and O–H groups in total. The van der Waals surface area contributed by atoms with E-state index in [-0.39, 0.29) is 18.9 Å². The van der Waals surface area contributed by atoms with Crippen LogP contribution in [0.2, 0.25) is 0 Å². The molecule has 4 nitrogen and oxygen atoms in total. The van der Waals surface area contributed by atoms with Crippen molar-refractivity contribution in [2.45, 2.75) is 6.42 Å². The van der Waals surface area contributed by atoms with Crippen LogP contribution in [0.4, 0.5) is 0 Å². The highest BCUT2D eigenvalue weighted by molar-refractivity contribution is 8.26. The Balaban J connectivity index is 2.14. The third-order valence-corrected chi connectivity index (χ3v) is 3.90. The topological polar surface area (TPSA) is 57.6 Å². The number of carboxylic acid groups (broad SMARTS) is 1. The number of aliphatic carboxylic acids is 1. The Labute approximate surface area is 120 Å². The fraction of sp³-hybridized carbons (Fsp3) is 0.154. The Morgan fingerprint density at radius 1 is 1.37 bits per heavy atom. The van der Waals surface area contributed by atoms with Crippen molar-refractivity contribution in [2.75, 3.05) is 6.54 Å². The van der Waals surface area contributed by atoms with E-state index in [1.807, 2.05) is 30.3 Å². The highest BCUT2D eigenvalue weighted by Gasteiger charge is 2.31. The third-order valence-electron chi connectivity index (χ3n) is 2.52. The number of benzene rings is 1. The van der Waals surface area contributed by atoms with Gasteiger partial charge in [-0.1, -0.05) is 54.3 Å². The fourth-order valence-corrected chi connectivity index (χ4v) is 2.91. The molecule has 0 spiro atoms. The van der Waals surface area contributed by atoms with Gasteiger partial charge in [0.2, 0.25) is 0 Å². The van der Waals surface area contributed by atoms with Gasteiger partial charge in [0, 0.05) is 6.54 Å². The molecule has 1 aliphatic heterocycles. The molecule has 1 fully saturated rings. The standard InChI is InChI=1S/C13H11NO3S2/c15-11(16)6-7-14-12(17)10(19-13(14)18)8-9-4-2-1-3-5-9/h1-5,8H,6-7H2,(H,15,16)/b10-8+. The number of carboxylic acids is 1. The summed E-state index contributed by atoms with van der Waals surface area (Å²) in [5.74, 6) is -1.17. The van der Waals surface area contributed by atoms with Gasteiger partial charge in [-0.15, -0.1) is 0 Å². The number of rotatable bonds is 4. The zero-order valence-electron chi connectivity index (χ0n) is 9.91.